The van der Waals surface area contributed by atoms with Crippen molar-refractivity contribution in [3.63, 3.8) is 0 Å². The maximum Gasteiger partial charge on any atom is 0.418 e. The number of hydrogen-bond acceptors (Lipinski definition) is 2. The van der Waals surface area contributed by atoms with E-state index in [0.29, 0.717) is 0 Å². The van der Waals surface area contributed by atoms with Gasteiger partial charge in [-0.15, -0.1) is 0 Å². The molecule has 0 bridgehead atoms. The maximum absolute atomic E-state index is 12.2. The van der Waals surface area contributed by atoms with E-state index in [4.69, 9.17) is 9.84 Å². The number of halogens is 3. The monoisotopic (exact) mass is 220 g/mol. The number of benzene rings is 1. The molecule has 1 aromatic rings. The lowest BCUT2D eigenvalue weighted by atomic mass is 10.1. The maximum atomic E-state index is 12.2. The third kappa shape index (κ3) is 2.86. The summed E-state index contributed by atoms with van der Waals surface area (Å²) in [4.78, 5) is 0. The molecule has 0 fully saturated rings. The lowest BCUT2D eigenvalue weighted by molar-refractivity contribution is -0.207. The Balaban J connectivity index is 3.02. The highest BCUT2D eigenvalue weighted by molar-refractivity contribution is 5.35. The molecular formula is C10H11F3O2. The van der Waals surface area contributed by atoms with E-state index >= 15 is 0 Å². The van der Waals surface area contributed by atoms with Crippen molar-refractivity contribution in [2.75, 3.05) is 6.61 Å². The first kappa shape index (κ1) is 11.8. The van der Waals surface area contributed by atoms with Gasteiger partial charge >= 0.3 is 6.18 Å². The van der Waals surface area contributed by atoms with Gasteiger partial charge in [-0.1, -0.05) is 18.2 Å². The van der Waals surface area contributed by atoms with E-state index in [1.54, 1.807) is 13.0 Å². The quantitative estimate of drug-likeness (QED) is 0.848. The highest BCUT2D eigenvalue weighted by atomic mass is 19.4. The van der Waals surface area contributed by atoms with Gasteiger partial charge in [0, 0.05) is 5.56 Å². The zero-order valence-electron chi connectivity index (χ0n) is 8.08. The number of hydrogen-bond donors (Lipinski definition) is 1. The Kier molecular flexibility index (Phi) is 3.57. The molecule has 0 aromatic heterocycles. The second kappa shape index (κ2) is 4.53. The molecule has 0 heterocycles. The first-order valence-electron chi connectivity index (χ1n) is 4.43. The van der Waals surface area contributed by atoms with Crippen LogP contribution in [0.15, 0.2) is 24.3 Å². The molecule has 1 unspecified atom stereocenters. The largest absolute Gasteiger partial charge is 0.493 e. The minimum Gasteiger partial charge on any atom is -0.493 e. The van der Waals surface area contributed by atoms with Gasteiger partial charge in [0.25, 0.3) is 0 Å². The highest BCUT2D eigenvalue weighted by Gasteiger charge is 2.40. The van der Waals surface area contributed by atoms with Crippen molar-refractivity contribution in [3.05, 3.63) is 29.8 Å². The number of ether oxygens (including phenoxy) is 1. The predicted octanol–water partition coefficient (Wildman–Crippen LogP) is 2.68. The van der Waals surface area contributed by atoms with Crippen molar-refractivity contribution >= 4 is 0 Å². The molecule has 0 saturated carbocycles. The van der Waals surface area contributed by atoms with E-state index in [-0.39, 0.29) is 17.9 Å². The van der Waals surface area contributed by atoms with Gasteiger partial charge in [0.1, 0.15) is 5.75 Å². The molecule has 0 saturated heterocycles. The molecule has 1 aromatic carbocycles. The Morgan fingerprint density at radius 3 is 2.47 bits per heavy atom. The molecule has 5 heteroatoms. The number of aliphatic hydroxyl groups is 1. The first-order chi connectivity index (χ1) is 6.96. The summed E-state index contributed by atoms with van der Waals surface area (Å²) in [5, 5.41) is 9.06. The zero-order valence-corrected chi connectivity index (χ0v) is 8.08. The molecule has 0 amide bonds. The van der Waals surface area contributed by atoms with E-state index < -0.39 is 12.3 Å². The second-order valence-electron chi connectivity index (χ2n) is 2.91. The lowest BCUT2D eigenvalue weighted by Gasteiger charge is -2.17. The van der Waals surface area contributed by atoms with Gasteiger partial charge in [-0.25, -0.2) is 0 Å². The standard InChI is InChI=1S/C10H11F3O2/c1-2-15-8-6-4-3-5-7(8)9(14)10(11,12)13/h3-6,9,14H,2H2,1H3. The van der Waals surface area contributed by atoms with Gasteiger partial charge in [0.05, 0.1) is 6.61 Å². The van der Waals surface area contributed by atoms with E-state index in [2.05, 4.69) is 0 Å². The smallest absolute Gasteiger partial charge is 0.418 e. The van der Waals surface area contributed by atoms with Gasteiger partial charge in [-0.05, 0) is 13.0 Å². The number of para-hydroxylation sites is 1. The van der Waals surface area contributed by atoms with E-state index in [0.717, 1.165) is 0 Å². The highest BCUT2D eigenvalue weighted by Crippen LogP contribution is 2.36. The van der Waals surface area contributed by atoms with Crippen molar-refractivity contribution in [1.82, 2.24) is 0 Å². The molecule has 2 nitrogen and oxygen atoms in total. The molecule has 0 aliphatic rings. The van der Waals surface area contributed by atoms with Crippen LogP contribution in [0.4, 0.5) is 13.2 Å². The second-order valence-corrected chi connectivity index (χ2v) is 2.91. The van der Waals surface area contributed by atoms with Crippen LogP contribution in [0.2, 0.25) is 0 Å². The normalized spacial score (nSPS) is 13.7. The number of aliphatic hydroxyl groups excluding tert-OH is 1. The van der Waals surface area contributed by atoms with Crippen LogP contribution >= 0.6 is 0 Å². The fourth-order valence-electron chi connectivity index (χ4n) is 1.17. The van der Waals surface area contributed by atoms with Crippen LogP contribution in [-0.2, 0) is 0 Å². The Morgan fingerprint density at radius 1 is 1.33 bits per heavy atom. The van der Waals surface area contributed by atoms with Gasteiger partial charge in [-0.2, -0.15) is 13.2 Å². The molecule has 0 spiro atoms. The topological polar surface area (TPSA) is 29.5 Å². The lowest BCUT2D eigenvalue weighted by Crippen LogP contribution is -2.20. The minimum atomic E-state index is -4.67. The molecule has 1 atom stereocenters. The molecule has 0 aliphatic heterocycles. The summed E-state index contributed by atoms with van der Waals surface area (Å²) < 4.78 is 41.7. The van der Waals surface area contributed by atoms with Crippen LogP contribution in [0.5, 0.6) is 5.75 Å². The van der Waals surface area contributed by atoms with Crippen molar-refractivity contribution in [3.8, 4) is 5.75 Å². The van der Waals surface area contributed by atoms with E-state index in [9.17, 15) is 13.2 Å². The van der Waals surface area contributed by atoms with Crippen LogP contribution in [0.3, 0.4) is 0 Å². The number of rotatable bonds is 3. The van der Waals surface area contributed by atoms with Crippen molar-refractivity contribution in [2.45, 2.75) is 19.2 Å². The van der Waals surface area contributed by atoms with E-state index in [1.807, 2.05) is 0 Å². The SMILES string of the molecule is CCOc1ccccc1C(O)C(F)(F)F. The predicted molar refractivity (Wildman–Crippen MR) is 48.6 cm³/mol. The summed E-state index contributed by atoms with van der Waals surface area (Å²) in [6, 6.07) is 5.57. The Bertz CT molecular complexity index is 323. The third-order valence-electron chi connectivity index (χ3n) is 1.82. The summed E-state index contributed by atoms with van der Waals surface area (Å²) in [7, 11) is 0. The fraction of sp³-hybridized carbons (Fsp3) is 0.400. The van der Waals surface area contributed by atoms with Crippen LogP contribution in [0, 0.1) is 0 Å². The Morgan fingerprint density at radius 2 is 1.93 bits per heavy atom. The first-order valence-corrected chi connectivity index (χ1v) is 4.43. The average Bonchev–Trinajstić information content (AvgIpc) is 2.17. The molecule has 84 valence electrons. The Hall–Kier alpha value is -1.23. The van der Waals surface area contributed by atoms with Crippen LogP contribution in [-0.4, -0.2) is 17.9 Å². The van der Waals surface area contributed by atoms with E-state index in [1.165, 1.54) is 18.2 Å². The Labute approximate surface area is 85.3 Å². The minimum absolute atomic E-state index is 0.0600. The fourth-order valence-corrected chi connectivity index (χ4v) is 1.17. The van der Waals surface area contributed by atoms with Crippen LogP contribution in [0.25, 0.3) is 0 Å². The molecule has 1 N–H and O–H groups in total. The molecular weight excluding hydrogens is 209 g/mol. The summed E-state index contributed by atoms with van der Waals surface area (Å²) in [6.07, 6.45) is -7.17. The van der Waals surface area contributed by atoms with Gasteiger partial charge in [0.15, 0.2) is 6.10 Å². The molecule has 1 rings (SSSR count). The molecule has 15 heavy (non-hydrogen) atoms. The number of alkyl halides is 3. The summed E-state index contributed by atoms with van der Waals surface area (Å²) in [5.74, 6) is 0.0600. The van der Waals surface area contributed by atoms with Crippen LogP contribution < -0.4 is 4.74 Å². The average molecular weight is 220 g/mol. The summed E-state index contributed by atoms with van der Waals surface area (Å²) >= 11 is 0. The molecule has 0 aliphatic carbocycles. The van der Waals surface area contributed by atoms with Gasteiger partial charge in [0.2, 0.25) is 0 Å². The third-order valence-corrected chi connectivity index (χ3v) is 1.82. The zero-order chi connectivity index (χ0) is 11.5. The van der Waals surface area contributed by atoms with Gasteiger partial charge in [-0.3, -0.25) is 0 Å². The van der Waals surface area contributed by atoms with Gasteiger partial charge < -0.3 is 9.84 Å². The van der Waals surface area contributed by atoms with Crippen molar-refractivity contribution < 1.29 is 23.0 Å². The molecule has 0 radical (unpaired) electrons. The summed E-state index contributed by atoms with van der Waals surface area (Å²) in [5.41, 5.74) is -0.258. The van der Waals surface area contributed by atoms with Crippen molar-refractivity contribution in [1.29, 1.82) is 0 Å². The van der Waals surface area contributed by atoms with Crippen molar-refractivity contribution in [2.24, 2.45) is 0 Å². The van der Waals surface area contributed by atoms with Crippen LogP contribution in [0.1, 0.15) is 18.6 Å². The summed E-state index contributed by atoms with van der Waals surface area (Å²) in [6.45, 7) is 1.92.